The van der Waals surface area contributed by atoms with Gasteiger partial charge in [-0.2, -0.15) is 5.10 Å². The Morgan fingerprint density at radius 2 is 1.95 bits per heavy atom. The third-order valence-electron chi connectivity index (χ3n) is 4.06. The van der Waals surface area contributed by atoms with E-state index in [0.717, 1.165) is 35.4 Å². The molecule has 2 aromatic rings. The van der Waals surface area contributed by atoms with E-state index in [4.69, 9.17) is 0 Å². The summed E-state index contributed by atoms with van der Waals surface area (Å²) < 4.78 is 0. The van der Waals surface area contributed by atoms with Crippen molar-refractivity contribution >= 4 is 22.3 Å². The van der Waals surface area contributed by atoms with Crippen LogP contribution in [-0.2, 0) is 5.41 Å². The first-order valence-electron chi connectivity index (χ1n) is 7.59. The van der Waals surface area contributed by atoms with Crippen molar-refractivity contribution < 1.29 is 0 Å². The Bertz CT molecular complexity index is 637. The zero-order chi connectivity index (χ0) is 15.9. The summed E-state index contributed by atoms with van der Waals surface area (Å²) in [5.74, 6) is 0.966. The molecule has 3 heterocycles. The van der Waals surface area contributed by atoms with Gasteiger partial charge in [-0.25, -0.2) is 4.98 Å². The van der Waals surface area contributed by atoms with Gasteiger partial charge in [0.1, 0.15) is 0 Å². The second-order valence-electron chi connectivity index (χ2n) is 6.97. The lowest BCUT2D eigenvalue weighted by atomic mass is 9.92. The fraction of sp³-hybridized carbons (Fsp3) is 0.562. The van der Waals surface area contributed by atoms with E-state index in [9.17, 15) is 0 Å². The Hall–Kier alpha value is -1.69. The molecule has 0 unspecified atom stereocenters. The quantitative estimate of drug-likeness (QED) is 0.871. The molecule has 3 rings (SSSR count). The van der Waals surface area contributed by atoms with E-state index in [2.05, 4.69) is 70.3 Å². The van der Waals surface area contributed by atoms with Crippen LogP contribution in [0.25, 0.3) is 0 Å². The molecule has 0 radical (unpaired) electrons. The maximum atomic E-state index is 4.55. The molecule has 1 aliphatic rings. The molecule has 0 aliphatic carbocycles. The van der Waals surface area contributed by atoms with Crippen LogP contribution in [0.2, 0.25) is 0 Å². The predicted octanol–water partition coefficient (Wildman–Crippen LogP) is 2.86. The molecule has 0 amide bonds. The number of aromatic nitrogens is 3. The number of aryl methyl sites for hydroxylation is 1. The van der Waals surface area contributed by atoms with Gasteiger partial charge in [0, 0.05) is 30.9 Å². The van der Waals surface area contributed by atoms with Crippen LogP contribution in [0.15, 0.2) is 17.5 Å². The molecule has 1 fully saturated rings. The monoisotopic (exact) mass is 317 g/mol. The summed E-state index contributed by atoms with van der Waals surface area (Å²) in [4.78, 5) is 9.08. The number of anilines is 2. The Morgan fingerprint density at radius 3 is 2.45 bits per heavy atom. The summed E-state index contributed by atoms with van der Waals surface area (Å²) in [6.07, 6.45) is 0. The Labute approximate surface area is 136 Å². The number of likely N-dealkylation sites (N-methyl/N-ethyl adjacent to an activating group) is 1. The van der Waals surface area contributed by atoms with Crippen LogP contribution in [0.3, 0.4) is 0 Å². The lowest BCUT2D eigenvalue weighted by Crippen LogP contribution is -2.59. The van der Waals surface area contributed by atoms with Gasteiger partial charge in [0.2, 0.25) is 0 Å². The topological polar surface area (TPSA) is 45.2 Å². The highest BCUT2D eigenvalue weighted by Gasteiger charge is 2.32. The molecular formula is C16H23N5S. The van der Waals surface area contributed by atoms with Gasteiger partial charge in [0.15, 0.2) is 10.9 Å². The van der Waals surface area contributed by atoms with Crippen molar-refractivity contribution in [1.29, 1.82) is 0 Å². The van der Waals surface area contributed by atoms with Crippen LogP contribution in [-0.4, -0.2) is 41.4 Å². The molecular weight excluding hydrogens is 294 g/mol. The van der Waals surface area contributed by atoms with Crippen molar-refractivity contribution in [3.63, 3.8) is 0 Å². The molecule has 5 nitrogen and oxygen atoms in total. The maximum Gasteiger partial charge on any atom is 0.185 e. The van der Waals surface area contributed by atoms with E-state index in [1.54, 1.807) is 11.3 Å². The minimum Gasteiger partial charge on any atom is -0.351 e. The molecule has 2 aromatic heterocycles. The van der Waals surface area contributed by atoms with Gasteiger partial charge in [-0.1, -0.05) is 20.8 Å². The van der Waals surface area contributed by atoms with E-state index < -0.39 is 0 Å². The molecule has 118 valence electrons. The van der Waals surface area contributed by atoms with E-state index in [1.165, 1.54) is 0 Å². The van der Waals surface area contributed by atoms with E-state index in [1.807, 2.05) is 6.92 Å². The van der Waals surface area contributed by atoms with Crippen LogP contribution < -0.4 is 9.80 Å². The zero-order valence-electron chi connectivity index (χ0n) is 13.9. The predicted molar refractivity (Wildman–Crippen MR) is 92.0 cm³/mol. The largest absolute Gasteiger partial charge is 0.351 e. The van der Waals surface area contributed by atoms with Gasteiger partial charge in [-0.15, -0.1) is 16.4 Å². The maximum absolute atomic E-state index is 4.55. The number of hydrogen-bond donors (Lipinski definition) is 0. The molecule has 0 atom stereocenters. The third kappa shape index (κ3) is 2.92. The first-order valence-corrected chi connectivity index (χ1v) is 8.46. The third-order valence-corrected chi connectivity index (χ3v) is 5.11. The van der Waals surface area contributed by atoms with Crippen molar-refractivity contribution in [1.82, 2.24) is 15.2 Å². The van der Waals surface area contributed by atoms with Gasteiger partial charge in [-0.3, -0.25) is 0 Å². The highest BCUT2D eigenvalue weighted by atomic mass is 32.1. The second kappa shape index (κ2) is 5.50. The fourth-order valence-corrected chi connectivity index (χ4v) is 3.28. The van der Waals surface area contributed by atoms with E-state index in [0.29, 0.717) is 6.04 Å². The average molecular weight is 317 g/mol. The summed E-state index contributed by atoms with van der Waals surface area (Å²) >= 11 is 1.71. The van der Waals surface area contributed by atoms with Crippen molar-refractivity contribution in [3.05, 3.63) is 28.9 Å². The summed E-state index contributed by atoms with van der Waals surface area (Å²) in [5, 5.41) is 11.9. The summed E-state index contributed by atoms with van der Waals surface area (Å²) in [7, 11) is 2.12. The summed E-state index contributed by atoms with van der Waals surface area (Å²) in [6.45, 7) is 10.4. The van der Waals surface area contributed by atoms with Crippen molar-refractivity contribution in [2.24, 2.45) is 0 Å². The molecule has 6 heteroatoms. The first kappa shape index (κ1) is 15.2. The molecule has 1 saturated heterocycles. The summed E-state index contributed by atoms with van der Waals surface area (Å²) in [5.41, 5.74) is 2.17. The van der Waals surface area contributed by atoms with Gasteiger partial charge in [0.05, 0.1) is 17.4 Å². The van der Waals surface area contributed by atoms with Crippen LogP contribution in [0.1, 0.15) is 32.2 Å². The fourth-order valence-electron chi connectivity index (χ4n) is 2.44. The van der Waals surface area contributed by atoms with Crippen molar-refractivity contribution in [2.75, 3.05) is 29.9 Å². The highest BCUT2D eigenvalue weighted by molar-refractivity contribution is 7.13. The minimum absolute atomic E-state index is 0.0475. The van der Waals surface area contributed by atoms with Crippen LogP contribution in [0.4, 0.5) is 10.9 Å². The van der Waals surface area contributed by atoms with Crippen LogP contribution >= 0.6 is 11.3 Å². The first-order chi connectivity index (χ1) is 10.3. The lowest BCUT2D eigenvalue weighted by molar-refractivity contribution is 0.487. The number of thiazole rings is 1. The lowest BCUT2D eigenvalue weighted by Gasteiger charge is -2.44. The van der Waals surface area contributed by atoms with E-state index in [-0.39, 0.29) is 5.41 Å². The minimum atomic E-state index is 0.0475. The van der Waals surface area contributed by atoms with E-state index >= 15 is 0 Å². The number of nitrogens with zero attached hydrogens (tertiary/aromatic N) is 5. The molecule has 22 heavy (non-hydrogen) atoms. The zero-order valence-corrected chi connectivity index (χ0v) is 14.7. The normalized spacial score (nSPS) is 15.8. The van der Waals surface area contributed by atoms with Crippen LogP contribution in [0.5, 0.6) is 0 Å². The Kier molecular flexibility index (Phi) is 3.80. The summed E-state index contributed by atoms with van der Waals surface area (Å²) in [6, 6.07) is 4.66. The van der Waals surface area contributed by atoms with Crippen molar-refractivity contribution in [2.45, 2.75) is 39.2 Å². The molecule has 1 aliphatic heterocycles. The second-order valence-corrected chi connectivity index (χ2v) is 7.80. The van der Waals surface area contributed by atoms with Gasteiger partial charge >= 0.3 is 0 Å². The Morgan fingerprint density at radius 1 is 1.23 bits per heavy atom. The van der Waals surface area contributed by atoms with Crippen molar-refractivity contribution in [3.8, 4) is 0 Å². The SMILES string of the molecule is Cc1csc(N(C)C2CN(c3ccc(C(C)(C)C)nn3)C2)n1. The highest BCUT2D eigenvalue weighted by Crippen LogP contribution is 2.27. The molecule has 0 bridgehead atoms. The molecule has 0 saturated carbocycles. The van der Waals surface area contributed by atoms with Gasteiger partial charge < -0.3 is 9.80 Å². The smallest absolute Gasteiger partial charge is 0.185 e. The average Bonchev–Trinajstić information content (AvgIpc) is 2.83. The Balaban J connectivity index is 1.61. The number of hydrogen-bond acceptors (Lipinski definition) is 6. The van der Waals surface area contributed by atoms with Crippen LogP contribution in [0, 0.1) is 6.92 Å². The molecule has 0 N–H and O–H groups in total. The van der Waals surface area contributed by atoms with Gasteiger partial charge in [-0.05, 0) is 19.1 Å². The standard InChI is InChI=1S/C16H23N5S/c1-11-10-22-15(17-11)20(5)12-8-21(9-12)14-7-6-13(18-19-14)16(2,3)4/h6-7,10,12H,8-9H2,1-5H3. The number of rotatable bonds is 3. The molecule has 0 aromatic carbocycles. The van der Waals surface area contributed by atoms with Gasteiger partial charge in [0.25, 0.3) is 0 Å². The molecule has 0 spiro atoms.